The van der Waals surface area contributed by atoms with Crippen molar-refractivity contribution in [2.24, 2.45) is 5.92 Å². The molecule has 0 saturated carbocycles. The van der Waals surface area contributed by atoms with Gasteiger partial charge in [0.25, 0.3) is 5.91 Å². The van der Waals surface area contributed by atoms with Crippen LogP contribution in [0.5, 0.6) is 0 Å². The molecular formula is C21H21KN2O4. The molecule has 1 fully saturated rings. The summed E-state index contributed by atoms with van der Waals surface area (Å²) in [6.07, 6.45) is 0.126. The summed E-state index contributed by atoms with van der Waals surface area (Å²) in [5.74, 6) is -2.08. The van der Waals surface area contributed by atoms with Crippen molar-refractivity contribution in [1.82, 2.24) is 10.2 Å². The number of carbonyl (C=O) groups excluding carboxylic acids is 3. The monoisotopic (exact) mass is 404 g/mol. The molecule has 1 aliphatic heterocycles. The van der Waals surface area contributed by atoms with Gasteiger partial charge in [0, 0.05) is 0 Å². The first-order chi connectivity index (χ1) is 12.9. The number of amides is 3. The topological polar surface area (TPSA) is 89.5 Å². The molecule has 28 heavy (non-hydrogen) atoms. The molecule has 1 atom stereocenters. The standard InChI is InChI=1S/C21H22N2O4.K/c1-14(2)13-17(18(24)25)23-19(26)21(22-20(23)27,15-9-5-3-6-10-15)16-11-7-4-8-12-16;/h3-12,14,17H,13H2,1-2H3,(H,22,27)(H,24,25);/q;+1/p-1. The van der Waals surface area contributed by atoms with Crippen molar-refractivity contribution in [3.63, 3.8) is 0 Å². The molecule has 1 heterocycles. The summed E-state index contributed by atoms with van der Waals surface area (Å²) in [5.41, 5.74) is -0.332. The molecule has 7 heteroatoms. The first-order valence-corrected chi connectivity index (χ1v) is 8.85. The van der Waals surface area contributed by atoms with Gasteiger partial charge in [-0.3, -0.25) is 9.69 Å². The summed E-state index contributed by atoms with van der Waals surface area (Å²) in [4.78, 5) is 38.8. The smallest absolute Gasteiger partial charge is 0.548 e. The Hall–Kier alpha value is -1.51. The Bertz CT molecular complexity index is 816. The number of carboxylic acids is 1. The molecule has 140 valence electrons. The number of aliphatic carboxylic acids is 1. The molecule has 3 rings (SSSR count). The Labute approximate surface area is 206 Å². The molecule has 1 saturated heterocycles. The van der Waals surface area contributed by atoms with Crippen molar-refractivity contribution in [2.75, 3.05) is 0 Å². The number of carboxylic acid groups (broad SMARTS) is 1. The Morgan fingerprint density at radius 1 is 1.00 bits per heavy atom. The molecule has 6 nitrogen and oxygen atoms in total. The Balaban J connectivity index is 0.00000280. The maximum absolute atomic E-state index is 13.5. The third-order valence-corrected chi connectivity index (χ3v) is 4.74. The van der Waals surface area contributed by atoms with Gasteiger partial charge in [-0.05, 0) is 23.5 Å². The van der Waals surface area contributed by atoms with Crippen LogP contribution in [0.3, 0.4) is 0 Å². The fraction of sp³-hybridized carbons (Fsp3) is 0.286. The van der Waals surface area contributed by atoms with Crippen LogP contribution in [0.1, 0.15) is 31.4 Å². The summed E-state index contributed by atoms with van der Waals surface area (Å²) in [6.45, 7) is 3.66. The van der Waals surface area contributed by atoms with E-state index in [9.17, 15) is 19.5 Å². The molecule has 0 radical (unpaired) electrons. The van der Waals surface area contributed by atoms with E-state index in [2.05, 4.69) is 5.32 Å². The molecule has 1 aliphatic rings. The van der Waals surface area contributed by atoms with Gasteiger partial charge in [0.2, 0.25) is 0 Å². The number of urea groups is 1. The molecule has 1 N–H and O–H groups in total. The Morgan fingerprint density at radius 3 is 1.86 bits per heavy atom. The summed E-state index contributed by atoms with van der Waals surface area (Å²) in [6, 6.07) is 15.6. The zero-order valence-corrected chi connectivity index (χ0v) is 19.3. The summed E-state index contributed by atoms with van der Waals surface area (Å²) >= 11 is 0. The van der Waals surface area contributed by atoms with E-state index in [1.807, 2.05) is 26.0 Å². The van der Waals surface area contributed by atoms with Gasteiger partial charge < -0.3 is 15.2 Å². The average Bonchev–Trinajstić information content (AvgIpc) is 2.92. The fourth-order valence-electron chi connectivity index (χ4n) is 3.52. The van der Waals surface area contributed by atoms with E-state index in [4.69, 9.17) is 0 Å². The molecular weight excluding hydrogens is 383 g/mol. The first-order valence-electron chi connectivity index (χ1n) is 8.85. The SMILES string of the molecule is CC(C)CC(C(=O)[O-])N1C(=O)NC(c2ccccc2)(c2ccccc2)C1=O.[K+]. The number of hydrogen-bond donors (Lipinski definition) is 1. The van der Waals surface area contributed by atoms with Crippen LogP contribution in [0.4, 0.5) is 4.79 Å². The fourth-order valence-corrected chi connectivity index (χ4v) is 3.52. The van der Waals surface area contributed by atoms with Crippen molar-refractivity contribution >= 4 is 17.9 Å². The molecule has 0 aromatic heterocycles. The van der Waals surface area contributed by atoms with E-state index in [1.165, 1.54) is 0 Å². The minimum Gasteiger partial charge on any atom is -0.548 e. The van der Waals surface area contributed by atoms with Crippen molar-refractivity contribution < 1.29 is 70.9 Å². The van der Waals surface area contributed by atoms with E-state index in [0.717, 1.165) is 4.90 Å². The van der Waals surface area contributed by atoms with Crippen LogP contribution in [-0.4, -0.2) is 28.8 Å². The number of imide groups is 1. The van der Waals surface area contributed by atoms with E-state index in [0.29, 0.717) is 11.1 Å². The second kappa shape index (κ2) is 9.32. The summed E-state index contributed by atoms with van der Waals surface area (Å²) in [7, 11) is 0. The van der Waals surface area contributed by atoms with Gasteiger partial charge in [-0.25, -0.2) is 4.79 Å². The maximum Gasteiger partial charge on any atom is 1.00 e. The number of nitrogens with one attached hydrogen (secondary N) is 1. The predicted octanol–water partition coefficient (Wildman–Crippen LogP) is -1.35. The molecule has 2 aromatic rings. The number of nitrogens with zero attached hydrogens (tertiary/aromatic N) is 1. The van der Waals surface area contributed by atoms with E-state index in [-0.39, 0.29) is 63.7 Å². The van der Waals surface area contributed by atoms with Crippen molar-refractivity contribution in [1.29, 1.82) is 0 Å². The normalized spacial score (nSPS) is 16.5. The van der Waals surface area contributed by atoms with Crippen LogP contribution in [0.15, 0.2) is 60.7 Å². The molecule has 3 amide bonds. The minimum atomic E-state index is -1.47. The van der Waals surface area contributed by atoms with Gasteiger partial charge in [0.15, 0.2) is 5.54 Å². The van der Waals surface area contributed by atoms with Crippen molar-refractivity contribution in [3.05, 3.63) is 71.8 Å². The van der Waals surface area contributed by atoms with Crippen LogP contribution in [0.2, 0.25) is 0 Å². The van der Waals surface area contributed by atoms with Crippen LogP contribution in [0.25, 0.3) is 0 Å². The summed E-state index contributed by atoms with van der Waals surface area (Å²) < 4.78 is 0. The molecule has 0 aliphatic carbocycles. The van der Waals surface area contributed by atoms with Gasteiger partial charge in [0.1, 0.15) is 0 Å². The largest absolute Gasteiger partial charge is 1.00 e. The number of hydrogen-bond acceptors (Lipinski definition) is 4. The molecule has 2 aromatic carbocycles. The zero-order chi connectivity index (χ0) is 19.6. The van der Waals surface area contributed by atoms with E-state index >= 15 is 0 Å². The molecule has 0 bridgehead atoms. The van der Waals surface area contributed by atoms with Crippen LogP contribution >= 0.6 is 0 Å². The van der Waals surface area contributed by atoms with Crippen LogP contribution in [0, 0.1) is 5.92 Å². The third-order valence-electron chi connectivity index (χ3n) is 4.74. The molecule has 1 unspecified atom stereocenters. The van der Waals surface area contributed by atoms with E-state index < -0.39 is 29.5 Å². The Morgan fingerprint density at radius 2 is 1.46 bits per heavy atom. The third kappa shape index (κ3) is 4.09. The Kier molecular flexibility index (Phi) is 7.58. The zero-order valence-electron chi connectivity index (χ0n) is 16.2. The van der Waals surface area contributed by atoms with Gasteiger partial charge in [0.05, 0.1) is 12.0 Å². The number of benzene rings is 2. The minimum absolute atomic E-state index is 0. The number of rotatable bonds is 6. The quantitative estimate of drug-likeness (QED) is 0.476. The second-order valence-electron chi connectivity index (χ2n) is 7.05. The predicted molar refractivity (Wildman–Crippen MR) is 97.3 cm³/mol. The first kappa shape index (κ1) is 22.8. The van der Waals surface area contributed by atoms with Crippen molar-refractivity contribution in [2.45, 2.75) is 31.8 Å². The van der Waals surface area contributed by atoms with Crippen molar-refractivity contribution in [3.8, 4) is 0 Å². The van der Waals surface area contributed by atoms with Gasteiger partial charge in [-0.1, -0.05) is 74.5 Å². The second-order valence-corrected chi connectivity index (χ2v) is 7.05. The van der Waals surface area contributed by atoms with Gasteiger partial charge in [-0.15, -0.1) is 0 Å². The van der Waals surface area contributed by atoms with Gasteiger partial charge in [-0.2, -0.15) is 0 Å². The number of carbonyl (C=O) groups is 3. The summed E-state index contributed by atoms with van der Waals surface area (Å²) in [5, 5.41) is 14.5. The van der Waals surface area contributed by atoms with E-state index in [1.54, 1.807) is 48.5 Å². The molecule has 0 spiro atoms. The van der Waals surface area contributed by atoms with Crippen LogP contribution < -0.4 is 61.8 Å². The average molecular weight is 405 g/mol. The van der Waals surface area contributed by atoms with Gasteiger partial charge >= 0.3 is 57.4 Å². The maximum atomic E-state index is 13.5. The van der Waals surface area contributed by atoms with Crippen LogP contribution in [-0.2, 0) is 15.1 Å².